The smallest absolute Gasteiger partial charge is 0.369 e. The zero-order chi connectivity index (χ0) is 16.5. The Labute approximate surface area is 126 Å². The molecule has 22 heavy (non-hydrogen) atoms. The second kappa shape index (κ2) is 5.75. The minimum Gasteiger partial charge on any atom is -0.369 e. The summed E-state index contributed by atoms with van der Waals surface area (Å²) in [5.74, 6) is 0. The van der Waals surface area contributed by atoms with E-state index in [1.807, 2.05) is 20.8 Å². The number of morpholine rings is 1. The Balaban J connectivity index is 2.03. The normalized spacial score (nSPS) is 21.5. The molecule has 1 unspecified atom stereocenters. The van der Waals surface area contributed by atoms with Crippen LogP contribution in [0.15, 0.2) is 18.3 Å². The first-order valence-corrected chi connectivity index (χ1v) is 6.84. The molecule has 1 fully saturated rings. The molecule has 0 radical (unpaired) electrons. The van der Waals surface area contributed by atoms with Crippen LogP contribution < -0.4 is 5.32 Å². The van der Waals surface area contributed by atoms with Gasteiger partial charge < -0.3 is 15.0 Å². The van der Waals surface area contributed by atoms with Crippen molar-refractivity contribution in [1.29, 1.82) is 0 Å². The van der Waals surface area contributed by atoms with Crippen LogP contribution in [0.5, 0.6) is 0 Å². The molecule has 2 amide bonds. The van der Waals surface area contributed by atoms with Crippen LogP contribution in [0.25, 0.3) is 0 Å². The van der Waals surface area contributed by atoms with Crippen LogP contribution in [0.3, 0.4) is 0 Å². The predicted molar refractivity (Wildman–Crippen MR) is 74.5 cm³/mol. The lowest BCUT2D eigenvalue weighted by Crippen LogP contribution is -2.54. The van der Waals surface area contributed by atoms with Crippen molar-refractivity contribution in [1.82, 2.24) is 9.88 Å². The molecule has 5 nitrogen and oxygen atoms in total. The van der Waals surface area contributed by atoms with Gasteiger partial charge in [0.15, 0.2) is 0 Å². The summed E-state index contributed by atoms with van der Waals surface area (Å²) in [6.07, 6.45) is -3.61. The Bertz CT molecular complexity index is 543. The number of amides is 2. The lowest BCUT2D eigenvalue weighted by molar-refractivity contribution is -0.141. The molecule has 0 saturated carbocycles. The first-order valence-electron chi connectivity index (χ1n) is 6.84. The van der Waals surface area contributed by atoms with Crippen molar-refractivity contribution in [3.63, 3.8) is 0 Å². The minimum absolute atomic E-state index is 0.111. The van der Waals surface area contributed by atoms with Crippen molar-refractivity contribution in [3.8, 4) is 0 Å². The van der Waals surface area contributed by atoms with Gasteiger partial charge >= 0.3 is 12.2 Å². The molecular weight excluding hydrogens is 299 g/mol. The highest BCUT2D eigenvalue weighted by Crippen LogP contribution is 2.28. The average Bonchev–Trinajstić information content (AvgIpc) is 2.35. The number of carbonyl (C=O) groups excluding carboxylic acids is 1. The minimum atomic E-state index is -4.49. The lowest BCUT2D eigenvalue weighted by Gasteiger charge is -2.41. The summed E-state index contributed by atoms with van der Waals surface area (Å²) in [7, 11) is 0. The van der Waals surface area contributed by atoms with Crippen molar-refractivity contribution in [2.24, 2.45) is 0 Å². The predicted octanol–water partition coefficient (Wildman–Crippen LogP) is 3.13. The van der Waals surface area contributed by atoms with E-state index in [2.05, 4.69) is 10.3 Å². The van der Waals surface area contributed by atoms with Crippen molar-refractivity contribution < 1.29 is 22.7 Å². The van der Waals surface area contributed by atoms with Gasteiger partial charge in [-0.2, -0.15) is 13.2 Å². The number of anilines is 1. The van der Waals surface area contributed by atoms with E-state index in [4.69, 9.17) is 4.74 Å². The lowest BCUT2D eigenvalue weighted by atomic mass is 10.1. The summed E-state index contributed by atoms with van der Waals surface area (Å²) in [6.45, 7) is 6.44. The number of alkyl halides is 3. The highest BCUT2D eigenvalue weighted by Gasteiger charge is 2.34. The van der Waals surface area contributed by atoms with Crippen molar-refractivity contribution >= 4 is 11.7 Å². The summed E-state index contributed by atoms with van der Waals surface area (Å²) in [5, 5.41) is 2.55. The summed E-state index contributed by atoms with van der Waals surface area (Å²) >= 11 is 0. The SMILES string of the molecule is CC1CN(C(=O)Nc2ccc(C(F)(F)F)nc2)CC(C)(C)O1. The van der Waals surface area contributed by atoms with Crippen LogP contribution in [0.4, 0.5) is 23.7 Å². The third-order valence-electron chi connectivity index (χ3n) is 3.16. The van der Waals surface area contributed by atoms with Crippen LogP contribution in [0.1, 0.15) is 26.5 Å². The number of aromatic nitrogens is 1. The average molecular weight is 317 g/mol. The molecule has 1 saturated heterocycles. The molecule has 1 aliphatic rings. The Morgan fingerprint density at radius 1 is 1.45 bits per heavy atom. The Morgan fingerprint density at radius 2 is 2.14 bits per heavy atom. The van der Waals surface area contributed by atoms with Gasteiger partial charge in [0.05, 0.1) is 30.1 Å². The molecule has 122 valence electrons. The van der Waals surface area contributed by atoms with Gasteiger partial charge in [0.25, 0.3) is 0 Å². The zero-order valence-corrected chi connectivity index (χ0v) is 12.6. The fourth-order valence-corrected chi connectivity index (χ4v) is 2.45. The van der Waals surface area contributed by atoms with Gasteiger partial charge in [0, 0.05) is 6.54 Å². The summed E-state index contributed by atoms with van der Waals surface area (Å²) in [4.78, 5) is 17.1. The monoisotopic (exact) mass is 317 g/mol. The van der Waals surface area contributed by atoms with Crippen molar-refractivity contribution in [2.45, 2.75) is 38.7 Å². The Kier molecular flexibility index (Phi) is 4.32. The van der Waals surface area contributed by atoms with E-state index in [0.29, 0.717) is 13.1 Å². The van der Waals surface area contributed by atoms with Gasteiger partial charge in [-0.3, -0.25) is 0 Å². The summed E-state index contributed by atoms with van der Waals surface area (Å²) < 4.78 is 43.0. The molecular formula is C14H18F3N3O2. The largest absolute Gasteiger partial charge is 0.433 e. The first-order chi connectivity index (χ1) is 10.1. The number of carbonyl (C=O) groups is 1. The van der Waals surface area contributed by atoms with Crippen molar-refractivity contribution in [3.05, 3.63) is 24.0 Å². The Hall–Kier alpha value is -1.83. The number of hydrogen-bond donors (Lipinski definition) is 1. The van der Waals surface area contributed by atoms with E-state index >= 15 is 0 Å². The number of ether oxygens (including phenoxy) is 1. The summed E-state index contributed by atoms with van der Waals surface area (Å²) in [5.41, 5.74) is -1.24. The highest BCUT2D eigenvalue weighted by molar-refractivity contribution is 5.89. The van der Waals surface area contributed by atoms with Crippen LogP contribution in [-0.2, 0) is 10.9 Å². The number of urea groups is 1. The number of nitrogens with one attached hydrogen (secondary N) is 1. The standard InChI is InChI=1S/C14H18F3N3O2/c1-9-7-20(8-13(2,3)22-9)12(21)19-10-4-5-11(18-6-10)14(15,16)17/h4-6,9H,7-8H2,1-3H3,(H,19,21). The number of rotatable bonds is 1. The van der Waals surface area contributed by atoms with E-state index in [-0.39, 0.29) is 17.8 Å². The van der Waals surface area contributed by atoms with Gasteiger partial charge in [-0.1, -0.05) is 0 Å². The fraction of sp³-hybridized carbons (Fsp3) is 0.571. The molecule has 0 aliphatic carbocycles. The van der Waals surface area contributed by atoms with Gasteiger partial charge in [-0.05, 0) is 32.9 Å². The van der Waals surface area contributed by atoms with Crippen LogP contribution in [-0.4, -0.2) is 40.7 Å². The Morgan fingerprint density at radius 3 is 2.64 bits per heavy atom. The molecule has 1 N–H and O–H groups in total. The van der Waals surface area contributed by atoms with Crippen molar-refractivity contribution in [2.75, 3.05) is 18.4 Å². The quantitative estimate of drug-likeness (QED) is 0.866. The fourth-order valence-electron chi connectivity index (χ4n) is 2.45. The molecule has 2 heterocycles. The third kappa shape index (κ3) is 4.09. The van der Waals surface area contributed by atoms with Crippen LogP contribution in [0.2, 0.25) is 0 Å². The molecule has 0 spiro atoms. The second-order valence-electron chi connectivity index (χ2n) is 5.93. The third-order valence-corrected chi connectivity index (χ3v) is 3.16. The van der Waals surface area contributed by atoms with E-state index in [9.17, 15) is 18.0 Å². The molecule has 8 heteroatoms. The molecule has 2 rings (SSSR count). The summed E-state index contributed by atoms with van der Waals surface area (Å²) in [6, 6.07) is 1.63. The maximum atomic E-state index is 12.4. The van der Waals surface area contributed by atoms with Gasteiger partial charge in [-0.25, -0.2) is 9.78 Å². The topological polar surface area (TPSA) is 54.5 Å². The highest BCUT2D eigenvalue weighted by atomic mass is 19.4. The molecule has 1 aliphatic heterocycles. The van der Waals surface area contributed by atoms with Crippen LogP contribution >= 0.6 is 0 Å². The molecule has 0 bridgehead atoms. The van der Waals surface area contributed by atoms with Crippen LogP contribution in [0, 0.1) is 0 Å². The van der Waals surface area contributed by atoms with E-state index in [1.54, 1.807) is 4.90 Å². The van der Waals surface area contributed by atoms with Gasteiger partial charge in [-0.15, -0.1) is 0 Å². The number of nitrogens with zero attached hydrogens (tertiary/aromatic N) is 2. The molecule has 1 aromatic heterocycles. The van der Waals surface area contributed by atoms with E-state index in [1.165, 1.54) is 6.07 Å². The number of hydrogen-bond acceptors (Lipinski definition) is 3. The van der Waals surface area contributed by atoms with Gasteiger partial charge in [0.1, 0.15) is 5.69 Å². The second-order valence-corrected chi connectivity index (χ2v) is 5.93. The maximum Gasteiger partial charge on any atom is 0.433 e. The van der Waals surface area contributed by atoms with E-state index < -0.39 is 17.5 Å². The molecule has 0 aromatic carbocycles. The molecule has 1 atom stereocenters. The molecule has 1 aromatic rings. The zero-order valence-electron chi connectivity index (χ0n) is 12.6. The van der Waals surface area contributed by atoms with Gasteiger partial charge in [0.2, 0.25) is 0 Å². The maximum absolute atomic E-state index is 12.4. The first kappa shape index (κ1) is 16.5. The number of pyridine rings is 1. The van der Waals surface area contributed by atoms with E-state index in [0.717, 1.165) is 12.3 Å². The number of halogens is 3.